The van der Waals surface area contributed by atoms with E-state index in [9.17, 15) is 40.0 Å². The van der Waals surface area contributed by atoms with Crippen molar-refractivity contribution in [2.24, 2.45) is 0 Å². The molecule has 1 saturated heterocycles. The largest absolute Gasteiger partial charge is 0.618 e. The van der Waals surface area contributed by atoms with Crippen molar-refractivity contribution >= 4 is 26.0 Å². The molecule has 1 heterocycles. The average molecular weight is 398 g/mol. The topological polar surface area (TPSA) is 125 Å². The second-order valence-electron chi connectivity index (χ2n) is 5.09. The summed E-state index contributed by atoms with van der Waals surface area (Å²) in [5, 5.41) is 10.1. The third-order valence-corrected chi connectivity index (χ3v) is 6.65. The molecule has 1 aliphatic heterocycles. The van der Waals surface area contributed by atoms with Gasteiger partial charge in [0.05, 0.1) is 5.25 Å². The fourth-order valence-corrected chi connectivity index (χ4v) is 3.97. The number of amides is 1. The van der Waals surface area contributed by atoms with E-state index in [1.54, 1.807) is 0 Å². The molecule has 142 valence electrons. The number of halogens is 3. The molecular formula is C10H17F3N2O7S2. The van der Waals surface area contributed by atoms with Gasteiger partial charge in [0.25, 0.3) is 10.1 Å². The van der Waals surface area contributed by atoms with Gasteiger partial charge in [-0.25, -0.2) is 0 Å². The first-order chi connectivity index (χ1) is 10.8. The Kier molecular flexibility index (Phi) is 6.60. The van der Waals surface area contributed by atoms with Crippen molar-refractivity contribution in [1.29, 1.82) is 0 Å². The van der Waals surface area contributed by atoms with Crippen LogP contribution in [-0.2, 0) is 29.1 Å². The van der Waals surface area contributed by atoms with E-state index >= 15 is 0 Å². The summed E-state index contributed by atoms with van der Waals surface area (Å²) < 4.78 is 84.1. The highest BCUT2D eigenvalue weighted by atomic mass is 32.2. The Labute approximate surface area is 137 Å². The number of likely N-dealkylation sites (tertiary alicyclic amines) is 1. The Bertz CT molecular complexity index is 654. The van der Waals surface area contributed by atoms with Gasteiger partial charge in [0.1, 0.15) is 13.2 Å². The van der Waals surface area contributed by atoms with Gasteiger partial charge in [-0.2, -0.15) is 30.0 Å². The molecule has 0 aliphatic carbocycles. The molecular weight excluding hydrogens is 381 g/mol. The Hall–Kier alpha value is -0.960. The van der Waals surface area contributed by atoms with Gasteiger partial charge < -0.3 is 10.1 Å². The monoisotopic (exact) mass is 398 g/mol. The summed E-state index contributed by atoms with van der Waals surface area (Å²) in [5.41, 5.74) is -5.73. The van der Waals surface area contributed by atoms with Gasteiger partial charge in [-0.3, -0.25) is 13.4 Å². The normalized spacial score (nSPS) is 19.3. The zero-order valence-electron chi connectivity index (χ0n) is 12.6. The van der Waals surface area contributed by atoms with Crippen LogP contribution in [0.4, 0.5) is 13.2 Å². The fourth-order valence-electron chi connectivity index (χ4n) is 2.06. The van der Waals surface area contributed by atoms with E-state index < -0.39 is 48.5 Å². The van der Waals surface area contributed by atoms with E-state index in [0.717, 1.165) is 0 Å². The van der Waals surface area contributed by atoms with E-state index in [1.165, 1.54) is 11.8 Å². The van der Waals surface area contributed by atoms with Crippen molar-refractivity contribution in [2.45, 2.75) is 30.5 Å². The second kappa shape index (κ2) is 7.51. The zero-order chi connectivity index (χ0) is 18.8. The molecule has 1 rings (SSSR count). The summed E-state index contributed by atoms with van der Waals surface area (Å²) in [7, 11) is -10.2. The number of sulfonamides is 1. The minimum atomic E-state index is -5.99. The fraction of sp³-hybridized carbons (Fsp3) is 0.900. The Morgan fingerprint density at radius 3 is 2.17 bits per heavy atom. The number of carbonyl (C=O) groups excluding carboxylic acids is 1. The number of nitrogens with zero attached hydrogens (tertiary/aromatic N) is 1. The molecule has 0 aromatic carbocycles. The van der Waals surface area contributed by atoms with Crippen LogP contribution in [0.1, 0.15) is 19.8 Å². The molecule has 1 unspecified atom stereocenters. The minimum Gasteiger partial charge on any atom is -0.618 e. The molecule has 0 radical (unpaired) electrons. The summed E-state index contributed by atoms with van der Waals surface area (Å²) in [6.07, 6.45) is 0.160. The standard InChI is InChI=1S/C10H17F3N2O7S2/c1-8(16)14-4-2-9(3-5-14)23(18,19)22-7-6-15(17)24(20,21)10(11,12)13/h9,15H,2-7H2,1H3. The molecule has 0 aromatic rings. The van der Waals surface area contributed by atoms with Gasteiger partial charge >= 0.3 is 15.5 Å². The lowest BCUT2D eigenvalue weighted by molar-refractivity contribution is -0.712. The average Bonchev–Trinajstić information content (AvgIpc) is 2.45. The van der Waals surface area contributed by atoms with Crippen molar-refractivity contribution in [3.63, 3.8) is 0 Å². The number of piperidine rings is 1. The molecule has 0 aromatic heterocycles. The number of hydrogen-bond donors (Lipinski definition) is 1. The lowest BCUT2D eigenvalue weighted by Crippen LogP contribution is -3.11. The second-order valence-corrected chi connectivity index (χ2v) is 8.90. The Morgan fingerprint density at radius 1 is 1.25 bits per heavy atom. The van der Waals surface area contributed by atoms with E-state index in [2.05, 4.69) is 4.18 Å². The van der Waals surface area contributed by atoms with Gasteiger partial charge in [-0.1, -0.05) is 0 Å². The summed E-state index contributed by atoms with van der Waals surface area (Å²) >= 11 is 0. The van der Waals surface area contributed by atoms with Crippen LogP contribution in [0.2, 0.25) is 0 Å². The van der Waals surface area contributed by atoms with Crippen LogP contribution in [-0.4, -0.2) is 64.6 Å². The maximum atomic E-state index is 12.1. The number of alkyl halides is 3. The van der Waals surface area contributed by atoms with Gasteiger partial charge in [-0.05, 0) is 12.8 Å². The van der Waals surface area contributed by atoms with Gasteiger partial charge in [0.2, 0.25) is 5.91 Å². The van der Waals surface area contributed by atoms with Crippen molar-refractivity contribution < 1.29 is 43.5 Å². The van der Waals surface area contributed by atoms with Crippen LogP contribution in [0.25, 0.3) is 0 Å². The lowest BCUT2D eigenvalue weighted by Gasteiger charge is -2.30. The lowest BCUT2D eigenvalue weighted by atomic mass is 10.1. The third kappa shape index (κ3) is 5.02. The summed E-state index contributed by atoms with van der Waals surface area (Å²) in [5.74, 6) is -0.213. The number of hydrogen-bond acceptors (Lipinski definition) is 7. The molecule has 1 atom stereocenters. The first-order valence-electron chi connectivity index (χ1n) is 6.77. The predicted octanol–water partition coefficient (Wildman–Crippen LogP) is -1.42. The summed E-state index contributed by atoms with van der Waals surface area (Å²) in [6.45, 7) is -0.525. The van der Waals surface area contributed by atoms with E-state index in [0.29, 0.717) is 0 Å². The van der Waals surface area contributed by atoms with Crippen molar-refractivity contribution in [3.8, 4) is 0 Å². The Balaban J connectivity index is 2.54. The molecule has 0 saturated carbocycles. The molecule has 14 heteroatoms. The number of hydroxylamine groups is 1. The first-order valence-corrected chi connectivity index (χ1v) is 9.72. The van der Waals surface area contributed by atoms with Crippen LogP contribution in [0, 0.1) is 5.21 Å². The molecule has 1 N–H and O–H groups in total. The van der Waals surface area contributed by atoms with Gasteiger partial charge in [0, 0.05) is 20.0 Å². The number of rotatable bonds is 6. The molecule has 1 fully saturated rings. The van der Waals surface area contributed by atoms with Crippen LogP contribution < -0.4 is 4.47 Å². The smallest absolute Gasteiger partial charge is 0.549 e. The van der Waals surface area contributed by atoms with Crippen molar-refractivity contribution in [1.82, 2.24) is 4.90 Å². The maximum Gasteiger partial charge on any atom is 0.549 e. The highest BCUT2D eigenvalue weighted by Gasteiger charge is 2.51. The van der Waals surface area contributed by atoms with Crippen LogP contribution >= 0.6 is 0 Å². The minimum absolute atomic E-state index is 0.0801. The van der Waals surface area contributed by atoms with Crippen LogP contribution in [0.15, 0.2) is 0 Å². The van der Waals surface area contributed by atoms with E-state index in [4.69, 9.17) is 0 Å². The first kappa shape index (κ1) is 21.1. The SMILES string of the molecule is CC(=O)N1CCC(S(=O)(=O)OCC[NH+]([O-])S(=O)(=O)C(F)(F)F)CC1. The molecule has 1 amide bonds. The third-order valence-electron chi connectivity index (χ3n) is 3.45. The van der Waals surface area contributed by atoms with Crippen LogP contribution in [0.3, 0.4) is 0 Å². The summed E-state index contributed by atoms with van der Waals surface area (Å²) in [4.78, 5) is 12.6. The Morgan fingerprint density at radius 2 is 1.75 bits per heavy atom. The molecule has 0 bridgehead atoms. The van der Waals surface area contributed by atoms with E-state index in [1.807, 2.05) is 0 Å². The highest BCUT2D eigenvalue weighted by Crippen LogP contribution is 2.20. The molecule has 1 aliphatic rings. The quantitative estimate of drug-likeness (QED) is 0.430. The van der Waals surface area contributed by atoms with Crippen LogP contribution in [0.5, 0.6) is 0 Å². The summed E-state index contributed by atoms with van der Waals surface area (Å²) in [6, 6.07) is 0. The van der Waals surface area contributed by atoms with E-state index in [-0.39, 0.29) is 31.8 Å². The van der Waals surface area contributed by atoms with Crippen molar-refractivity contribution in [2.75, 3.05) is 26.2 Å². The zero-order valence-corrected chi connectivity index (χ0v) is 14.2. The number of nitrogens with one attached hydrogen (secondary N) is 1. The van der Waals surface area contributed by atoms with Crippen molar-refractivity contribution in [3.05, 3.63) is 5.21 Å². The highest BCUT2D eigenvalue weighted by molar-refractivity contribution is 7.87. The van der Waals surface area contributed by atoms with Gasteiger partial charge in [-0.15, -0.1) is 0 Å². The number of carbonyl (C=O) groups is 1. The number of quaternary nitrogens is 1. The molecule has 9 nitrogen and oxygen atoms in total. The van der Waals surface area contributed by atoms with Gasteiger partial charge in [0.15, 0.2) is 0 Å². The predicted molar refractivity (Wildman–Crippen MR) is 74.3 cm³/mol. The molecule has 24 heavy (non-hydrogen) atoms. The molecule has 0 spiro atoms. The maximum absolute atomic E-state index is 12.1.